The van der Waals surface area contributed by atoms with Crippen LogP contribution in [0.25, 0.3) is 0 Å². The normalized spacial score (nSPS) is 10.5. The molecule has 3 aromatic rings. The quantitative estimate of drug-likeness (QED) is 0.512. The third-order valence-electron chi connectivity index (χ3n) is 3.96. The monoisotopic (exact) mass is 367 g/mol. The number of rotatable bonds is 7. The predicted molar refractivity (Wildman–Crippen MR) is 101 cm³/mol. The summed E-state index contributed by atoms with van der Waals surface area (Å²) in [5, 5.41) is 3.43. The Balaban J connectivity index is 1.66. The van der Waals surface area contributed by atoms with Crippen LogP contribution in [0.4, 0.5) is 0 Å². The van der Waals surface area contributed by atoms with Gasteiger partial charge in [-0.15, -0.1) is 0 Å². The average Bonchev–Trinajstić information content (AvgIpc) is 3.18. The van der Waals surface area contributed by atoms with E-state index in [1.807, 2.05) is 10.8 Å². The molecule has 5 nitrogen and oxygen atoms in total. The van der Waals surface area contributed by atoms with Gasteiger partial charge < -0.3 is 9.88 Å². The van der Waals surface area contributed by atoms with Crippen LogP contribution in [0.3, 0.4) is 0 Å². The zero-order valence-electron chi connectivity index (χ0n) is 14.1. The SMILES string of the molecule is O=C(NCCCn1ccnc1)c1ccccc1C(=O)c1ccc(Cl)cc1. The Morgan fingerprint density at radius 1 is 1.04 bits per heavy atom. The van der Waals surface area contributed by atoms with E-state index in [-0.39, 0.29) is 11.7 Å². The highest BCUT2D eigenvalue weighted by molar-refractivity contribution is 6.30. The number of hydrogen-bond acceptors (Lipinski definition) is 3. The van der Waals surface area contributed by atoms with Crippen molar-refractivity contribution in [3.05, 3.63) is 89.0 Å². The number of carbonyl (C=O) groups excluding carboxylic acids is 2. The van der Waals surface area contributed by atoms with Crippen molar-refractivity contribution in [2.45, 2.75) is 13.0 Å². The van der Waals surface area contributed by atoms with Gasteiger partial charge in [0.25, 0.3) is 5.91 Å². The number of ketones is 1. The number of amides is 1. The molecule has 1 heterocycles. The van der Waals surface area contributed by atoms with E-state index in [2.05, 4.69) is 10.3 Å². The fraction of sp³-hybridized carbons (Fsp3) is 0.150. The first-order valence-electron chi connectivity index (χ1n) is 8.28. The molecular weight excluding hydrogens is 350 g/mol. The molecule has 3 rings (SSSR count). The number of nitrogens with zero attached hydrogens (tertiary/aromatic N) is 2. The van der Waals surface area contributed by atoms with Crippen molar-refractivity contribution < 1.29 is 9.59 Å². The Morgan fingerprint density at radius 3 is 2.46 bits per heavy atom. The number of aryl methyl sites for hydroxylation is 1. The molecule has 1 amide bonds. The number of halogens is 1. The molecule has 0 aliphatic heterocycles. The van der Waals surface area contributed by atoms with Gasteiger partial charge in [0.15, 0.2) is 5.78 Å². The van der Waals surface area contributed by atoms with Crippen molar-refractivity contribution in [3.8, 4) is 0 Å². The Labute approximate surface area is 156 Å². The summed E-state index contributed by atoms with van der Waals surface area (Å²) < 4.78 is 1.95. The smallest absolute Gasteiger partial charge is 0.252 e. The number of aromatic nitrogens is 2. The number of nitrogens with one attached hydrogen (secondary N) is 1. The maximum atomic E-state index is 12.7. The van der Waals surface area contributed by atoms with Crippen molar-refractivity contribution >= 4 is 23.3 Å². The van der Waals surface area contributed by atoms with Crippen molar-refractivity contribution in [3.63, 3.8) is 0 Å². The highest BCUT2D eigenvalue weighted by Gasteiger charge is 2.17. The minimum Gasteiger partial charge on any atom is -0.352 e. The van der Waals surface area contributed by atoms with Crippen LogP contribution in [0.15, 0.2) is 67.3 Å². The molecule has 0 unspecified atom stereocenters. The van der Waals surface area contributed by atoms with E-state index >= 15 is 0 Å². The highest BCUT2D eigenvalue weighted by atomic mass is 35.5. The van der Waals surface area contributed by atoms with Crippen molar-refractivity contribution in [1.29, 1.82) is 0 Å². The second-order valence-corrected chi connectivity index (χ2v) is 6.23. The van der Waals surface area contributed by atoms with Crippen LogP contribution in [0, 0.1) is 0 Å². The van der Waals surface area contributed by atoms with E-state index in [4.69, 9.17) is 11.6 Å². The lowest BCUT2D eigenvalue weighted by molar-refractivity contribution is 0.0941. The number of hydrogen-bond donors (Lipinski definition) is 1. The summed E-state index contributed by atoms with van der Waals surface area (Å²) in [6, 6.07) is 13.5. The molecule has 0 fully saturated rings. The van der Waals surface area contributed by atoms with E-state index in [0.29, 0.717) is 28.3 Å². The molecule has 1 aromatic heterocycles. The molecule has 0 saturated heterocycles. The number of imidazole rings is 1. The van der Waals surface area contributed by atoms with E-state index in [9.17, 15) is 9.59 Å². The Morgan fingerprint density at radius 2 is 1.77 bits per heavy atom. The van der Waals surface area contributed by atoms with E-state index in [1.54, 1.807) is 61.1 Å². The van der Waals surface area contributed by atoms with Crippen LogP contribution in [0.1, 0.15) is 32.7 Å². The lowest BCUT2D eigenvalue weighted by Gasteiger charge is -2.10. The van der Waals surface area contributed by atoms with E-state index in [1.165, 1.54) is 0 Å². The van der Waals surface area contributed by atoms with E-state index < -0.39 is 0 Å². The first-order valence-corrected chi connectivity index (χ1v) is 8.66. The van der Waals surface area contributed by atoms with Crippen molar-refractivity contribution in [2.24, 2.45) is 0 Å². The summed E-state index contributed by atoms with van der Waals surface area (Å²) in [5.41, 5.74) is 1.24. The zero-order valence-corrected chi connectivity index (χ0v) is 14.8. The van der Waals surface area contributed by atoms with E-state index in [0.717, 1.165) is 13.0 Å². The van der Waals surface area contributed by atoms with Crippen molar-refractivity contribution in [2.75, 3.05) is 6.54 Å². The molecule has 26 heavy (non-hydrogen) atoms. The Bertz CT molecular complexity index is 890. The van der Waals surface area contributed by atoms with Crippen LogP contribution in [0.5, 0.6) is 0 Å². The Hall–Kier alpha value is -2.92. The van der Waals surface area contributed by atoms with Crippen LogP contribution >= 0.6 is 11.6 Å². The second-order valence-electron chi connectivity index (χ2n) is 5.79. The van der Waals surface area contributed by atoms with Gasteiger partial charge in [-0.1, -0.05) is 29.8 Å². The fourth-order valence-electron chi connectivity index (χ4n) is 2.61. The molecular formula is C20H18ClN3O2. The van der Waals surface area contributed by atoms with Gasteiger partial charge in [-0.05, 0) is 36.8 Å². The number of carbonyl (C=O) groups is 2. The van der Waals surface area contributed by atoms with Crippen molar-refractivity contribution in [1.82, 2.24) is 14.9 Å². The van der Waals surface area contributed by atoms with Gasteiger partial charge >= 0.3 is 0 Å². The predicted octanol–water partition coefficient (Wildman–Crippen LogP) is 3.59. The van der Waals surface area contributed by atoms with Crippen LogP contribution in [-0.4, -0.2) is 27.8 Å². The van der Waals surface area contributed by atoms with Gasteiger partial charge in [-0.2, -0.15) is 0 Å². The standard InChI is InChI=1S/C20H18ClN3O2/c21-16-8-6-15(7-9-16)19(25)17-4-1-2-5-18(17)20(26)23-10-3-12-24-13-11-22-14-24/h1-2,4-9,11,13-14H,3,10,12H2,(H,23,26). The van der Waals surface area contributed by atoms with Crippen LogP contribution in [-0.2, 0) is 6.54 Å². The van der Waals surface area contributed by atoms with Crippen LogP contribution in [0.2, 0.25) is 5.02 Å². The largest absolute Gasteiger partial charge is 0.352 e. The molecule has 0 aliphatic rings. The van der Waals surface area contributed by atoms with Gasteiger partial charge in [0.2, 0.25) is 0 Å². The average molecular weight is 368 g/mol. The zero-order chi connectivity index (χ0) is 18.4. The molecule has 0 aliphatic carbocycles. The molecule has 1 N–H and O–H groups in total. The molecule has 132 valence electrons. The lowest BCUT2D eigenvalue weighted by Crippen LogP contribution is -2.27. The summed E-state index contributed by atoms with van der Waals surface area (Å²) >= 11 is 5.87. The molecule has 0 radical (unpaired) electrons. The molecule has 0 saturated carbocycles. The topological polar surface area (TPSA) is 64.0 Å². The summed E-state index contributed by atoms with van der Waals surface area (Å²) in [7, 11) is 0. The lowest BCUT2D eigenvalue weighted by atomic mass is 9.98. The molecule has 0 atom stereocenters. The molecule has 0 spiro atoms. The minimum atomic E-state index is -0.256. The van der Waals surface area contributed by atoms with Gasteiger partial charge in [-0.25, -0.2) is 4.98 Å². The maximum Gasteiger partial charge on any atom is 0.252 e. The summed E-state index contributed by atoms with van der Waals surface area (Å²) in [5.74, 6) is -0.459. The first kappa shape index (κ1) is 17.9. The molecule has 6 heteroatoms. The van der Waals surface area contributed by atoms with Gasteiger partial charge in [0.05, 0.1) is 11.9 Å². The maximum absolute atomic E-state index is 12.7. The van der Waals surface area contributed by atoms with Gasteiger partial charge in [0.1, 0.15) is 0 Å². The highest BCUT2D eigenvalue weighted by Crippen LogP contribution is 2.17. The number of benzene rings is 2. The van der Waals surface area contributed by atoms with Gasteiger partial charge in [0, 0.05) is 41.6 Å². The third-order valence-corrected chi connectivity index (χ3v) is 4.21. The summed E-state index contributed by atoms with van der Waals surface area (Å²) in [4.78, 5) is 29.2. The minimum absolute atomic E-state index is 0.203. The van der Waals surface area contributed by atoms with Crippen LogP contribution < -0.4 is 5.32 Å². The Kier molecular flexibility index (Phi) is 5.81. The second kappa shape index (κ2) is 8.45. The summed E-state index contributed by atoms with van der Waals surface area (Å²) in [6.07, 6.45) is 6.11. The van der Waals surface area contributed by atoms with Gasteiger partial charge in [-0.3, -0.25) is 9.59 Å². The third kappa shape index (κ3) is 4.37. The first-order chi connectivity index (χ1) is 12.6. The fourth-order valence-corrected chi connectivity index (χ4v) is 2.74. The molecule has 2 aromatic carbocycles. The summed E-state index contributed by atoms with van der Waals surface area (Å²) in [6.45, 7) is 1.28. The molecule has 0 bridgehead atoms.